The minimum Gasteiger partial charge on any atom is -0.349 e. The van der Waals surface area contributed by atoms with Crippen LogP contribution < -0.4 is 9.80 Å². The third kappa shape index (κ3) is 6.39. The highest BCUT2D eigenvalue weighted by Crippen LogP contribution is 2.49. The van der Waals surface area contributed by atoms with Gasteiger partial charge in [-0.2, -0.15) is 0 Å². The molecule has 0 radical (unpaired) electrons. The molecule has 0 unspecified atom stereocenters. The molecule has 9 aromatic rings. The largest absolute Gasteiger partial charge is 0.349 e. The standard InChI is InChI=1S/C58H54N4/c1-39(2)48-26-18-27-49(40(3)4)57(48)42-33-34-59-56(35-42)62-52-28-14-13-25-50(52)51-32-31-46(37-55(51)62)58(43-19-9-7-10-20-43,44-21-11-8-12-22-44)45-23-17-24-47(36-45)61-38-60(41(5)6)53-29-15-16-30-54(53)61/h7-37,39-41H,38H2,1-6H3. The van der Waals surface area contributed by atoms with Crippen LogP contribution >= 0.6 is 0 Å². The first-order valence-corrected chi connectivity index (χ1v) is 22.2. The summed E-state index contributed by atoms with van der Waals surface area (Å²) in [6.07, 6.45) is 2.00. The number of hydrogen-bond acceptors (Lipinski definition) is 3. The lowest BCUT2D eigenvalue weighted by molar-refractivity contribution is 0.708. The number of hydrogen-bond donors (Lipinski definition) is 0. The highest BCUT2D eigenvalue weighted by molar-refractivity contribution is 6.09. The van der Waals surface area contributed by atoms with Crippen LogP contribution in [0, 0.1) is 0 Å². The maximum atomic E-state index is 5.17. The number of anilines is 3. The van der Waals surface area contributed by atoms with Crippen molar-refractivity contribution in [2.24, 2.45) is 0 Å². The highest BCUT2D eigenvalue weighted by atomic mass is 15.4. The quantitative estimate of drug-likeness (QED) is 0.129. The Balaban J connectivity index is 1.23. The van der Waals surface area contributed by atoms with Crippen molar-refractivity contribution in [3.05, 3.63) is 222 Å². The van der Waals surface area contributed by atoms with Gasteiger partial charge in [0.15, 0.2) is 0 Å². The third-order valence-electron chi connectivity index (χ3n) is 13.1. The minimum absolute atomic E-state index is 0.368. The molecular weight excluding hydrogens is 753 g/mol. The number of rotatable bonds is 10. The van der Waals surface area contributed by atoms with Crippen molar-refractivity contribution < 1.29 is 0 Å². The average molecular weight is 807 g/mol. The maximum Gasteiger partial charge on any atom is 0.138 e. The zero-order valence-corrected chi connectivity index (χ0v) is 36.6. The summed E-state index contributed by atoms with van der Waals surface area (Å²) in [6, 6.07) is 67.9. The van der Waals surface area contributed by atoms with E-state index < -0.39 is 5.41 Å². The van der Waals surface area contributed by atoms with Gasteiger partial charge in [0.25, 0.3) is 0 Å². The highest BCUT2D eigenvalue weighted by Gasteiger charge is 2.40. The molecule has 0 bridgehead atoms. The minimum atomic E-state index is -0.664. The average Bonchev–Trinajstić information content (AvgIpc) is 3.86. The monoisotopic (exact) mass is 806 g/mol. The van der Waals surface area contributed by atoms with Gasteiger partial charge in [-0.1, -0.05) is 161 Å². The second-order valence-electron chi connectivity index (χ2n) is 17.8. The Hall–Kier alpha value is -6.91. The molecule has 0 fully saturated rings. The van der Waals surface area contributed by atoms with Crippen LogP contribution in [-0.4, -0.2) is 22.3 Å². The molecule has 2 aromatic heterocycles. The molecule has 0 aliphatic carbocycles. The summed E-state index contributed by atoms with van der Waals surface area (Å²) >= 11 is 0. The van der Waals surface area contributed by atoms with Crippen LogP contribution in [0.3, 0.4) is 0 Å². The summed E-state index contributed by atoms with van der Waals surface area (Å²) < 4.78 is 2.39. The topological polar surface area (TPSA) is 24.3 Å². The van der Waals surface area contributed by atoms with Crippen molar-refractivity contribution in [1.82, 2.24) is 9.55 Å². The van der Waals surface area contributed by atoms with E-state index in [1.54, 1.807) is 0 Å². The van der Waals surface area contributed by atoms with Gasteiger partial charge in [0.2, 0.25) is 0 Å². The van der Waals surface area contributed by atoms with Crippen LogP contribution in [-0.2, 0) is 5.41 Å². The van der Waals surface area contributed by atoms with Crippen LogP contribution in [0.5, 0.6) is 0 Å². The Morgan fingerprint density at radius 2 is 1.06 bits per heavy atom. The fourth-order valence-electron chi connectivity index (χ4n) is 10.2. The fourth-order valence-corrected chi connectivity index (χ4v) is 10.2. The lowest BCUT2D eigenvalue weighted by atomic mass is 9.65. The van der Waals surface area contributed by atoms with Crippen molar-refractivity contribution in [2.75, 3.05) is 16.5 Å². The van der Waals surface area contributed by atoms with Crippen molar-refractivity contribution >= 4 is 38.9 Å². The van der Waals surface area contributed by atoms with Crippen molar-refractivity contribution in [3.63, 3.8) is 0 Å². The molecule has 306 valence electrons. The second-order valence-corrected chi connectivity index (χ2v) is 17.8. The zero-order chi connectivity index (χ0) is 42.5. The van der Waals surface area contributed by atoms with E-state index in [4.69, 9.17) is 4.98 Å². The Morgan fingerprint density at radius 1 is 0.484 bits per heavy atom. The lowest BCUT2D eigenvalue weighted by Gasteiger charge is -2.37. The molecule has 0 spiro atoms. The van der Waals surface area contributed by atoms with Gasteiger partial charge in [-0.05, 0) is 119 Å². The summed E-state index contributed by atoms with van der Waals surface area (Å²) in [5.74, 6) is 1.68. The molecule has 7 aromatic carbocycles. The van der Waals surface area contributed by atoms with E-state index in [-0.39, 0.29) is 0 Å². The van der Waals surface area contributed by atoms with E-state index in [9.17, 15) is 0 Å². The van der Waals surface area contributed by atoms with Gasteiger partial charge in [0, 0.05) is 28.7 Å². The maximum absolute atomic E-state index is 5.17. The second kappa shape index (κ2) is 15.8. The van der Waals surface area contributed by atoms with Gasteiger partial charge in [0.1, 0.15) is 5.82 Å². The molecule has 0 saturated heterocycles. The molecular formula is C58H54N4. The molecule has 0 saturated carbocycles. The molecule has 0 N–H and O–H groups in total. The summed E-state index contributed by atoms with van der Waals surface area (Å²) in [6.45, 7) is 14.5. The van der Waals surface area contributed by atoms with Crippen molar-refractivity contribution in [1.29, 1.82) is 0 Å². The van der Waals surface area contributed by atoms with Crippen LogP contribution in [0.4, 0.5) is 17.1 Å². The Morgan fingerprint density at radius 3 is 1.74 bits per heavy atom. The SMILES string of the molecule is CC(C)c1cccc(C(C)C)c1-c1ccnc(-n2c3ccccc3c3ccc(C(c4ccccc4)(c4ccccc4)c4cccc(N5CN(C(C)C)c6ccccc65)c4)cc32)c1. The number of nitrogens with zero attached hydrogens (tertiary/aromatic N) is 4. The third-order valence-corrected chi connectivity index (χ3v) is 13.1. The summed E-state index contributed by atoms with van der Waals surface area (Å²) in [5, 5.41) is 2.41. The Labute approximate surface area is 366 Å². The van der Waals surface area contributed by atoms with Crippen molar-refractivity contribution in [3.8, 4) is 16.9 Å². The number of para-hydroxylation sites is 3. The molecule has 10 rings (SSSR count). The van der Waals surface area contributed by atoms with E-state index in [0.717, 1.165) is 23.5 Å². The van der Waals surface area contributed by atoms with Crippen LogP contribution in [0.2, 0.25) is 0 Å². The summed E-state index contributed by atoms with van der Waals surface area (Å²) in [4.78, 5) is 10.1. The van der Waals surface area contributed by atoms with Gasteiger partial charge in [-0.3, -0.25) is 4.57 Å². The van der Waals surface area contributed by atoms with E-state index in [2.05, 4.69) is 238 Å². The Bertz CT molecular complexity index is 2980. The van der Waals surface area contributed by atoms with Gasteiger partial charge in [-0.25, -0.2) is 4.98 Å². The number of fused-ring (bicyclic) bond motifs is 4. The predicted octanol–water partition coefficient (Wildman–Crippen LogP) is 14.8. The van der Waals surface area contributed by atoms with Crippen LogP contribution in [0.1, 0.15) is 86.8 Å². The smallest absolute Gasteiger partial charge is 0.138 e. The van der Waals surface area contributed by atoms with E-state index in [1.807, 2.05) is 6.20 Å². The predicted molar refractivity (Wildman–Crippen MR) is 262 cm³/mol. The molecule has 62 heavy (non-hydrogen) atoms. The van der Waals surface area contributed by atoms with Gasteiger partial charge >= 0.3 is 0 Å². The van der Waals surface area contributed by atoms with Gasteiger partial charge < -0.3 is 9.80 Å². The summed E-state index contributed by atoms with van der Waals surface area (Å²) in [7, 11) is 0. The zero-order valence-electron chi connectivity index (χ0n) is 36.6. The fraction of sp³-hybridized carbons (Fsp3) is 0.190. The van der Waals surface area contributed by atoms with E-state index in [0.29, 0.717) is 17.9 Å². The van der Waals surface area contributed by atoms with E-state index in [1.165, 1.54) is 72.3 Å². The lowest BCUT2D eigenvalue weighted by Crippen LogP contribution is -2.34. The first kappa shape index (κ1) is 39.2. The molecule has 4 heteroatoms. The number of pyridine rings is 1. The van der Waals surface area contributed by atoms with Gasteiger partial charge in [0.05, 0.1) is 34.5 Å². The molecule has 3 heterocycles. The van der Waals surface area contributed by atoms with Crippen LogP contribution in [0.25, 0.3) is 38.8 Å². The number of benzene rings is 7. The normalized spacial score (nSPS) is 13.0. The number of aromatic nitrogens is 2. The molecule has 0 amide bonds. The first-order valence-electron chi connectivity index (χ1n) is 22.2. The molecule has 1 aliphatic rings. The summed E-state index contributed by atoms with van der Waals surface area (Å²) in [5.41, 5.74) is 15.4. The van der Waals surface area contributed by atoms with E-state index >= 15 is 0 Å². The Kier molecular flexibility index (Phi) is 10.0. The first-order chi connectivity index (χ1) is 30.3. The molecule has 1 aliphatic heterocycles. The van der Waals surface area contributed by atoms with Gasteiger partial charge in [-0.15, -0.1) is 0 Å². The molecule has 0 atom stereocenters. The molecule has 4 nitrogen and oxygen atoms in total. The van der Waals surface area contributed by atoms with Crippen LogP contribution in [0.15, 0.2) is 188 Å². The van der Waals surface area contributed by atoms with Crippen molar-refractivity contribution in [2.45, 2.75) is 64.8 Å².